The van der Waals surface area contributed by atoms with E-state index in [0.29, 0.717) is 46.3 Å². The standard InChI is InChI=1S/C20H23N3O4S2/c1-24-15-10-13(11-16(25-2)18(15)26-3)19-21-23(20(28)27-19)12-22-8-4-6-14(22)17-7-5-9-29-17/h5,7,9-11,14H,4,6,8,12H2,1-3H3. The number of aromatic nitrogens is 2. The topological polar surface area (TPSA) is 61.9 Å². The van der Waals surface area contributed by atoms with Gasteiger partial charge in [-0.1, -0.05) is 6.07 Å². The summed E-state index contributed by atoms with van der Waals surface area (Å²) in [5, 5.41) is 6.74. The Morgan fingerprint density at radius 3 is 2.59 bits per heavy atom. The van der Waals surface area contributed by atoms with E-state index in [2.05, 4.69) is 27.5 Å². The van der Waals surface area contributed by atoms with Gasteiger partial charge in [-0.25, -0.2) is 4.68 Å². The van der Waals surface area contributed by atoms with Crippen LogP contribution in [0.4, 0.5) is 0 Å². The van der Waals surface area contributed by atoms with Crippen LogP contribution in [0.3, 0.4) is 0 Å². The van der Waals surface area contributed by atoms with Gasteiger partial charge in [0.2, 0.25) is 11.6 Å². The molecule has 0 amide bonds. The van der Waals surface area contributed by atoms with Gasteiger partial charge in [-0.15, -0.1) is 16.4 Å². The Bertz CT molecular complexity index is 1000. The van der Waals surface area contributed by atoms with Gasteiger partial charge in [-0.05, 0) is 48.6 Å². The molecule has 3 heterocycles. The van der Waals surface area contributed by atoms with E-state index in [1.807, 2.05) is 0 Å². The van der Waals surface area contributed by atoms with E-state index < -0.39 is 0 Å². The summed E-state index contributed by atoms with van der Waals surface area (Å²) in [5.74, 6) is 2.01. The molecule has 2 aromatic heterocycles. The van der Waals surface area contributed by atoms with Crippen molar-refractivity contribution in [3.63, 3.8) is 0 Å². The van der Waals surface area contributed by atoms with Crippen LogP contribution in [0.25, 0.3) is 11.5 Å². The Hall–Kier alpha value is -2.36. The smallest absolute Gasteiger partial charge is 0.288 e. The third-order valence-electron chi connectivity index (χ3n) is 5.07. The van der Waals surface area contributed by atoms with Gasteiger partial charge >= 0.3 is 0 Å². The SMILES string of the molecule is COc1cc(-c2nn(CN3CCCC3c3cccs3)c(=S)o2)cc(OC)c1OC. The Labute approximate surface area is 178 Å². The molecule has 154 valence electrons. The predicted molar refractivity (Wildman–Crippen MR) is 113 cm³/mol. The highest BCUT2D eigenvalue weighted by Crippen LogP contribution is 2.41. The molecule has 1 fully saturated rings. The van der Waals surface area contributed by atoms with Crippen molar-refractivity contribution in [3.8, 4) is 28.7 Å². The van der Waals surface area contributed by atoms with Gasteiger partial charge < -0.3 is 18.6 Å². The molecule has 1 atom stereocenters. The maximum Gasteiger partial charge on any atom is 0.288 e. The second kappa shape index (κ2) is 8.56. The summed E-state index contributed by atoms with van der Waals surface area (Å²) >= 11 is 7.23. The van der Waals surface area contributed by atoms with Crippen LogP contribution in [0.5, 0.6) is 17.2 Å². The highest BCUT2D eigenvalue weighted by atomic mass is 32.1. The molecule has 1 unspecified atom stereocenters. The van der Waals surface area contributed by atoms with E-state index in [-0.39, 0.29) is 0 Å². The van der Waals surface area contributed by atoms with Gasteiger partial charge in [-0.2, -0.15) is 0 Å². The van der Waals surface area contributed by atoms with Crippen molar-refractivity contribution in [3.05, 3.63) is 39.4 Å². The largest absolute Gasteiger partial charge is 0.493 e. The minimum Gasteiger partial charge on any atom is -0.493 e. The summed E-state index contributed by atoms with van der Waals surface area (Å²) in [6.07, 6.45) is 2.30. The molecule has 1 aliphatic heterocycles. The molecule has 0 N–H and O–H groups in total. The summed E-state index contributed by atoms with van der Waals surface area (Å²) < 4.78 is 23.8. The van der Waals surface area contributed by atoms with E-state index in [4.69, 9.17) is 30.8 Å². The Morgan fingerprint density at radius 2 is 1.97 bits per heavy atom. The monoisotopic (exact) mass is 433 g/mol. The summed E-state index contributed by atoms with van der Waals surface area (Å²) in [5.41, 5.74) is 0.709. The highest BCUT2D eigenvalue weighted by molar-refractivity contribution is 7.71. The molecule has 1 aliphatic rings. The zero-order valence-electron chi connectivity index (χ0n) is 16.6. The lowest BCUT2D eigenvalue weighted by Crippen LogP contribution is -2.26. The van der Waals surface area contributed by atoms with Crippen LogP contribution in [0.2, 0.25) is 0 Å². The molecule has 9 heteroatoms. The van der Waals surface area contributed by atoms with Gasteiger partial charge in [-0.3, -0.25) is 4.90 Å². The second-order valence-corrected chi connectivity index (χ2v) is 8.04. The molecule has 4 rings (SSSR count). The van der Waals surface area contributed by atoms with E-state index in [0.717, 1.165) is 19.4 Å². The second-order valence-electron chi connectivity index (χ2n) is 6.71. The summed E-state index contributed by atoms with van der Waals surface area (Å²) in [6.45, 7) is 1.60. The lowest BCUT2D eigenvalue weighted by atomic mass is 10.2. The normalized spacial score (nSPS) is 16.9. The van der Waals surface area contributed by atoms with E-state index in [9.17, 15) is 0 Å². The van der Waals surface area contributed by atoms with Crippen molar-refractivity contribution < 1.29 is 18.6 Å². The van der Waals surface area contributed by atoms with Crippen molar-refractivity contribution in [1.29, 1.82) is 0 Å². The Morgan fingerprint density at radius 1 is 1.21 bits per heavy atom. The number of likely N-dealkylation sites (tertiary alicyclic amines) is 1. The number of thiophene rings is 1. The highest BCUT2D eigenvalue weighted by Gasteiger charge is 2.28. The Balaban J connectivity index is 1.62. The zero-order valence-corrected chi connectivity index (χ0v) is 18.2. The van der Waals surface area contributed by atoms with Crippen LogP contribution in [-0.4, -0.2) is 42.6 Å². The van der Waals surface area contributed by atoms with Crippen LogP contribution in [0.15, 0.2) is 34.1 Å². The first-order valence-electron chi connectivity index (χ1n) is 9.30. The fourth-order valence-electron chi connectivity index (χ4n) is 3.69. The third-order valence-corrected chi connectivity index (χ3v) is 6.34. The molecule has 0 bridgehead atoms. The van der Waals surface area contributed by atoms with Crippen LogP contribution >= 0.6 is 23.6 Å². The van der Waals surface area contributed by atoms with Crippen LogP contribution in [0, 0.1) is 4.84 Å². The molecule has 1 saturated heterocycles. The predicted octanol–water partition coefficient (Wildman–Crippen LogP) is 4.75. The molecule has 3 aromatic rings. The molecule has 0 aliphatic carbocycles. The van der Waals surface area contributed by atoms with Crippen LogP contribution < -0.4 is 14.2 Å². The number of ether oxygens (including phenoxy) is 3. The molecular weight excluding hydrogens is 410 g/mol. The van der Waals surface area contributed by atoms with Crippen LogP contribution in [0.1, 0.15) is 23.8 Å². The molecule has 0 saturated carbocycles. The zero-order chi connectivity index (χ0) is 20.4. The van der Waals surface area contributed by atoms with E-state index >= 15 is 0 Å². The molecule has 29 heavy (non-hydrogen) atoms. The lowest BCUT2D eigenvalue weighted by molar-refractivity contribution is 0.190. The van der Waals surface area contributed by atoms with Gasteiger partial charge in [0, 0.05) is 23.0 Å². The van der Waals surface area contributed by atoms with Crippen molar-refractivity contribution in [1.82, 2.24) is 14.7 Å². The summed E-state index contributed by atoms with van der Waals surface area (Å²) in [4.78, 5) is 4.11. The molecule has 0 radical (unpaired) electrons. The number of hydrogen-bond donors (Lipinski definition) is 0. The average Bonchev–Trinajstić information content (AvgIpc) is 3.48. The maximum absolute atomic E-state index is 5.80. The van der Waals surface area contributed by atoms with Crippen molar-refractivity contribution >= 4 is 23.6 Å². The quantitative estimate of drug-likeness (QED) is 0.498. The fraction of sp³-hybridized carbons (Fsp3) is 0.400. The lowest BCUT2D eigenvalue weighted by Gasteiger charge is -2.22. The first kappa shape index (κ1) is 19.9. The Kier molecular flexibility index (Phi) is 5.89. The minimum atomic E-state index is 0.339. The molecular formula is C20H23N3O4S2. The number of hydrogen-bond acceptors (Lipinski definition) is 8. The number of nitrogens with zero attached hydrogens (tertiary/aromatic N) is 3. The number of rotatable bonds is 7. The molecule has 7 nitrogen and oxygen atoms in total. The van der Waals surface area contributed by atoms with E-state index in [1.54, 1.807) is 49.5 Å². The third kappa shape index (κ3) is 3.90. The first-order chi connectivity index (χ1) is 14.1. The van der Waals surface area contributed by atoms with Gasteiger partial charge in [0.15, 0.2) is 11.5 Å². The average molecular weight is 434 g/mol. The van der Waals surface area contributed by atoms with Crippen molar-refractivity contribution in [2.45, 2.75) is 25.6 Å². The number of benzene rings is 1. The summed E-state index contributed by atoms with van der Waals surface area (Å²) in [7, 11) is 4.72. The fourth-order valence-corrected chi connectivity index (χ4v) is 4.76. The van der Waals surface area contributed by atoms with Crippen molar-refractivity contribution in [2.75, 3.05) is 27.9 Å². The minimum absolute atomic E-state index is 0.339. The molecule has 1 aromatic carbocycles. The molecule has 0 spiro atoms. The van der Waals surface area contributed by atoms with Crippen LogP contribution in [-0.2, 0) is 6.67 Å². The van der Waals surface area contributed by atoms with Gasteiger partial charge in [0.25, 0.3) is 4.84 Å². The van der Waals surface area contributed by atoms with Gasteiger partial charge in [0.05, 0.1) is 28.0 Å². The van der Waals surface area contributed by atoms with E-state index in [1.165, 1.54) is 4.88 Å². The van der Waals surface area contributed by atoms with Crippen molar-refractivity contribution in [2.24, 2.45) is 0 Å². The number of methoxy groups -OCH3 is 3. The van der Waals surface area contributed by atoms with Gasteiger partial charge in [0.1, 0.15) is 0 Å². The first-order valence-corrected chi connectivity index (χ1v) is 10.6. The summed E-state index contributed by atoms with van der Waals surface area (Å²) in [6, 6.07) is 8.30. The maximum atomic E-state index is 5.80.